The van der Waals surface area contributed by atoms with Crippen LogP contribution in [0.1, 0.15) is 13.3 Å². The van der Waals surface area contributed by atoms with E-state index in [0.29, 0.717) is 12.3 Å². The van der Waals surface area contributed by atoms with Crippen LogP contribution in [0.3, 0.4) is 0 Å². The molecule has 0 heterocycles. The molecule has 10 heavy (non-hydrogen) atoms. The summed E-state index contributed by atoms with van der Waals surface area (Å²) in [6.07, 6.45) is 0.467. The van der Waals surface area contributed by atoms with Crippen molar-refractivity contribution in [2.24, 2.45) is 23.5 Å². The third-order valence-corrected chi connectivity index (χ3v) is 2.22. The maximum absolute atomic E-state index is 10.6. The number of nitrogens with zero attached hydrogens (tertiary/aromatic N) is 1. The third-order valence-electron chi connectivity index (χ3n) is 2.22. The third kappa shape index (κ3) is 0.971. The van der Waals surface area contributed by atoms with E-state index in [0.717, 1.165) is 0 Å². The van der Waals surface area contributed by atoms with Crippen molar-refractivity contribution in [3.8, 4) is 6.07 Å². The monoisotopic (exact) mass is 138 g/mol. The summed E-state index contributed by atoms with van der Waals surface area (Å²) >= 11 is 0. The molecule has 0 aromatic heterocycles. The first-order valence-electron chi connectivity index (χ1n) is 3.34. The van der Waals surface area contributed by atoms with Crippen LogP contribution in [-0.2, 0) is 4.79 Å². The standard InChI is InChI=1S/C7H10N2O/c1-4-5(2-3-8)6(4)7(9)10/h4-6H,2H2,1H3,(H2,9,10). The molecule has 1 fully saturated rings. The topological polar surface area (TPSA) is 66.9 Å². The van der Waals surface area contributed by atoms with E-state index in [1.54, 1.807) is 0 Å². The molecule has 54 valence electrons. The van der Waals surface area contributed by atoms with Crippen LogP contribution in [0.2, 0.25) is 0 Å². The number of nitrogens with two attached hydrogens (primary N) is 1. The van der Waals surface area contributed by atoms with E-state index in [4.69, 9.17) is 11.0 Å². The zero-order valence-corrected chi connectivity index (χ0v) is 5.87. The molecule has 0 bridgehead atoms. The number of primary amides is 1. The number of hydrogen-bond acceptors (Lipinski definition) is 2. The SMILES string of the molecule is CC1C(CC#N)C1C(N)=O. The Bertz CT molecular complexity index is 194. The normalized spacial score (nSPS) is 36.6. The molecule has 0 aliphatic heterocycles. The summed E-state index contributed by atoms with van der Waals surface area (Å²) in [6.45, 7) is 1.96. The van der Waals surface area contributed by atoms with Crippen LogP contribution in [-0.4, -0.2) is 5.91 Å². The molecule has 1 rings (SSSR count). The van der Waals surface area contributed by atoms with Crippen molar-refractivity contribution in [3.05, 3.63) is 0 Å². The van der Waals surface area contributed by atoms with Gasteiger partial charge in [-0.3, -0.25) is 4.79 Å². The van der Waals surface area contributed by atoms with Gasteiger partial charge >= 0.3 is 0 Å². The fourth-order valence-electron chi connectivity index (χ4n) is 1.43. The number of carbonyl (C=O) groups is 1. The highest BCUT2D eigenvalue weighted by Crippen LogP contribution is 2.47. The van der Waals surface area contributed by atoms with Crippen LogP contribution in [0.5, 0.6) is 0 Å². The fraction of sp³-hybridized carbons (Fsp3) is 0.714. The van der Waals surface area contributed by atoms with E-state index in [1.807, 2.05) is 13.0 Å². The highest BCUT2D eigenvalue weighted by atomic mass is 16.1. The molecule has 1 saturated carbocycles. The van der Waals surface area contributed by atoms with Crippen molar-refractivity contribution < 1.29 is 4.79 Å². The van der Waals surface area contributed by atoms with Crippen molar-refractivity contribution in [2.45, 2.75) is 13.3 Å². The minimum atomic E-state index is -0.257. The van der Waals surface area contributed by atoms with Crippen molar-refractivity contribution >= 4 is 5.91 Å². The van der Waals surface area contributed by atoms with Crippen LogP contribution < -0.4 is 5.73 Å². The van der Waals surface area contributed by atoms with Crippen LogP contribution in [0.4, 0.5) is 0 Å². The Morgan fingerprint density at radius 3 is 2.70 bits per heavy atom. The number of nitriles is 1. The Morgan fingerprint density at radius 2 is 2.40 bits per heavy atom. The molecule has 3 unspecified atom stereocenters. The molecule has 0 aromatic rings. The maximum Gasteiger partial charge on any atom is 0.221 e. The van der Waals surface area contributed by atoms with E-state index < -0.39 is 0 Å². The lowest BCUT2D eigenvalue weighted by molar-refractivity contribution is -0.119. The Balaban J connectivity index is 2.43. The van der Waals surface area contributed by atoms with E-state index in [9.17, 15) is 4.79 Å². The lowest BCUT2D eigenvalue weighted by Gasteiger charge is -1.84. The van der Waals surface area contributed by atoms with Gasteiger partial charge in [-0.05, 0) is 11.8 Å². The molecule has 3 nitrogen and oxygen atoms in total. The predicted molar refractivity (Wildman–Crippen MR) is 35.6 cm³/mol. The average molecular weight is 138 g/mol. The molecule has 0 spiro atoms. The first kappa shape index (κ1) is 7.07. The van der Waals surface area contributed by atoms with Crippen molar-refractivity contribution in [2.75, 3.05) is 0 Å². The Kier molecular flexibility index (Phi) is 1.62. The van der Waals surface area contributed by atoms with Crippen LogP contribution in [0, 0.1) is 29.1 Å². The van der Waals surface area contributed by atoms with E-state index in [-0.39, 0.29) is 17.7 Å². The van der Waals surface area contributed by atoms with E-state index in [2.05, 4.69) is 0 Å². The van der Waals surface area contributed by atoms with Crippen LogP contribution in [0.25, 0.3) is 0 Å². The number of carbonyl (C=O) groups excluding carboxylic acids is 1. The number of hydrogen-bond donors (Lipinski definition) is 1. The molecule has 3 heteroatoms. The lowest BCUT2D eigenvalue weighted by atomic mass is 10.2. The molecule has 1 amide bonds. The zero-order valence-electron chi connectivity index (χ0n) is 5.87. The summed E-state index contributed by atoms with van der Waals surface area (Å²) in [5.74, 6) is 0.284. The summed E-state index contributed by atoms with van der Waals surface area (Å²) in [4.78, 5) is 10.6. The summed E-state index contributed by atoms with van der Waals surface area (Å²) in [5.41, 5.74) is 5.06. The molecule has 1 aliphatic carbocycles. The van der Waals surface area contributed by atoms with Gasteiger partial charge in [0.1, 0.15) is 0 Å². The van der Waals surface area contributed by atoms with Gasteiger partial charge in [-0.25, -0.2) is 0 Å². The second kappa shape index (κ2) is 2.30. The zero-order chi connectivity index (χ0) is 7.72. The van der Waals surface area contributed by atoms with Crippen molar-refractivity contribution in [1.82, 2.24) is 0 Å². The first-order chi connectivity index (χ1) is 4.68. The predicted octanol–water partition coefficient (Wildman–Crippen LogP) is 0.267. The van der Waals surface area contributed by atoms with Crippen LogP contribution in [0.15, 0.2) is 0 Å². The average Bonchev–Trinajstić information content (AvgIpc) is 2.43. The Hall–Kier alpha value is -1.04. The van der Waals surface area contributed by atoms with E-state index >= 15 is 0 Å². The Morgan fingerprint density at radius 1 is 1.80 bits per heavy atom. The lowest BCUT2D eigenvalue weighted by Crippen LogP contribution is -2.14. The van der Waals surface area contributed by atoms with Gasteiger partial charge in [0.15, 0.2) is 0 Å². The van der Waals surface area contributed by atoms with Gasteiger partial charge in [-0.15, -0.1) is 0 Å². The van der Waals surface area contributed by atoms with Crippen LogP contribution >= 0.6 is 0 Å². The van der Waals surface area contributed by atoms with Gasteiger partial charge < -0.3 is 5.73 Å². The summed E-state index contributed by atoms with van der Waals surface area (Å²) in [6, 6.07) is 2.04. The molecule has 0 aromatic carbocycles. The van der Waals surface area contributed by atoms with Gasteiger partial charge in [0.25, 0.3) is 0 Å². The van der Waals surface area contributed by atoms with Gasteiger partial charge in [-0.1, -0.05) is 6.92 Å². The summed E-state index contributed by atoms with van der Waals surface area (Å²) < 4.78 is 0. The molecular weight excluding hydrogens is 128 g/mol. The molecule has 0 radical (unpaired) electrons. The second-order valence-electron chi connectivity index (χ2n) is 2.81. The molecule has 1 aliphatic rings. The van der Waals surface area contributed by atoms with Gasteiger partial charge in [0, 0.05) is 12.3 Å². The summed E-state index contributed by atoms with van der Waals surface area (Å²) in [7, 11) is 0. The van der Waals surface area contributed by atoms with E-state index in [1.165, 1.54) is 0 Å². The second-order valence-corrected chi connectivity index (χ2v) is 2.81. The van der Waals surface area contributed by atoms with Gasteiger partial charge in [0.05, 0.1) is 6.07 Å². The summed E-state index contributed by atoms with van der Waals surface area (Å²) in [5, 5.41) is 8.29. The highest BCUT2D eigenvalue weighted by molar-refractivity contribution is 5.80. The number of amides is 1. The smallest absolute Gasteiger partial charge is 0.221 e. The molecule has 3 atom stereocenters. The minimum absolute atomic E-state index is 0.0281. The molecular formula is C7H10N2O. The van der Waals surface area contributed by atoms with Crippen molar-refractivity contribution in [3.63, 3.8) is 0 Å². The quantitative estimate of drug-likeness (QED) is 0.595. The first-order valence-corrected chi connectivity index (χ1v) is 3.34. The highest BCUT2D eigenvalue weighted by Gasteiger charge is 2.50. The number of rotatable bonds is 2. The minimum Gasteiger partial charge on any atom is -0.369 e. The Labute approximate surface area is 59.8 Å². The van der Waals surface area contributed by atoms with Crippen molar-refractivity contribution in [1.29, 1.82) is 5.26 Å². The molecule has 2 N–H and O–H groups in total. The van der Waals surface area contributed by atoms with Gasteiger partial charge in [0.2, 0.25) is 5.91 Å². The van der Waals surface area contributed by atoms with Gasteiger partial charge in [-0.2, -0.15) is 5.26 Å². The molecule has 0 saturated heterocycles. The largest absolute Gasteiger partial charge is 0.369 e. The maximum atomic E-state index is 10.6. The fourth-order valence-corrected chi connectivity index (χ4v) is 1.43.